The van der Waals surface area contributed by atoms with Gasteiger partial charge in [0.15, 0.2) is 0 Å². The zero-order chi connectivity index (χ0) is 15.1. The summed E-state index contributed by atoms with van der Waals surface area (Å²) in [5, 5.41) is 11.1. The Bertz CT molecular complexity index is 535. The fraction of sp³-hybridized carbons (Fsp3) is 0.214. The number of carbonyl (C=O) groups is 3. The molecule has 0 radical (unpaired) electrons. The minimum atomic E-state index is -1.04. The quantitative estimate of drug-likeness (QED) is 0.667. The zero-order valence-electron chi connectivity index (χ0n) is 11.0. The molecule has 1 rings (SSSR count). The van der Waals surface area contributed by atoms with E-state index < -0.39 is 11.9 Å². The SMILES string of the molecule is CC(CC(N)=O)NC(=O)c1ccc(/C=C/C(=O)O)cc1. The number of rotatable bonds is 6. The predicted octanol–water partition coefficient (Wildman–Crippen LogP) is 0.778. The monoisotopic (exact) mass is 276 g/mol. The van der Waals surface area contributed by atoms with E-state index in [4.69, 9.17) is 10.8 Å². The molecular formula is C14H16N2O4. The molecule has 0 saturated carbocycles. The molecule has 0 spiro atoms. The Morgan fingerprint density at radius 3 is 2.40 bits per heavy atom. The highest BCUT2D eigenvalue weighted by Gasteiger charge is 2.11. The lowest BCUT2D eigenvalue weighted by molar-refractivity contribution is -0.131. The first-order chi connectivity index (χ1) is 9.38. The van der Waals surface area contributed by atoms with Crippen molar-refractivity contribution in [2.24, 2.45) is 5.73 Å². The average Bonchev–Trinajstić information content (AvgIpc) is 2.35. The third-order valence-electron chi connectivity index (χ3n) is 2.48. The molecule has 1 atom stereocenters. The van der Waals surface area contributed by atoms with Gasteiger partial charge >= 0.3 is 5.97 Å². The van der Waals surface area contributed by atoms with E-state index in [2.05, 4.69) is 5.32 Å². The third kappa shape index (κ3) is 5.34. The lowest BCUT2D eigenvalue weighted by Crippen LogP contribution is -2.35. The maximum atomic E-state index is 11.8. The number of benzene rings is 1. The first kappa shape index (κ1) is 15.4. The summed E-state index contributed by atoms with van der Waals surface area (Å²) in [5.74, 6) is -1.83. The molecule has 6 nitrogen and oxygen atoms in total. The van der Waals surface area contributed by atoms with Gasteiger partial charge in [0, 0.05) is 24.1 Å². The molecule has 0 saturated heterocycles. The van der Waals surface area contributed by atoms with Crippen molar-refractivity contribution in [3.05, 3.63) is 41.5 Å². The van der Waals surface area contributed by atoms with Crippen LogP contribution in [-0.2, 0) is 9.59 Å². The average molecular weight is 276 g/mol. The smallest absolute Gasteiger partial charge is 0.328 e. The van der Waals surface area contributed by atoms with E-state index in [-0.39, 0.29) is 18.4 Å². The highest BCUT2D eigenvalue weighted by atomic mass is 16.4. The molecule has 0 fully saturated rings. The van der Waals surface area contributed by atoms with Gasteiger partial charge in [-0.3, -0.25) is 9.59 Å². The molecule has 0 aliphatic heterocycles. The molecule has 1 unspecified atom stereocenters. The van der Waals surface area contributed by atoms with Crippen LogP contribution in [0.25, 0.3) is 6.08 Å². The number of carbonyl (C=O) groups excluding carboxylic acids is 2. The summed E-state index contributed by atoms with van der Waals surface area (Å²) < 4.78 is 0. The van der Waals surface area contributed by atoms with Crippen LogP contribution < -0.4 is 11.1 Å². The summed E-state index contributed by atoms with van der Waals surface area (Å²) in [6, 6.07) is 6.08. The molecule has 1 aromatic rings. The predicted molar refractivity (Wildman–Crippen MR) is 73.9 cm³/mol. The third-order valence-corrected chi connectivity index (χ3v) is 2.48. The largest absolute Gasteiger partial charge is 0.478 e. The maximum Gasteiger partial charge on any atom is 0.328 e. The Morgan fingerprint density at radius 2 is 1.90 bits per heavy atom. The summed E-state index contributed by atoms with van der Waals surface area (Å²) in [6.07, 6.45) is 2.52. The van der Waals surface area contributed by atoms with Gasteiger partial charge in [0.2, 0.25) is 5.91 Å². The Hall–Kier alpha value is -2.63. The van der Waals surface area contributed by atoms with Crippen molar-refractivity contribution in [2.45, 2.75) is 19.4 Å². The molecule has 0 bridgehead atoms. The van der Waals surface area contributed by atoms with Crippen LogP contribution in [0.1, 0.15) is 29.3 Å². The number of amides is 2. The van der Waals surface area contributed by atoms with Gasteiger partial charge in [-0.25, -0.2) is 4.79 Å². The van der Waals surface area contributed by atoms with Crippen molar-refractivity contribution >= 4 is 23.9 Å². The first-order valence-electron chi connectivity index (χ1n) is 5.98. The van der Waals surface area contributed by atoms with Crippen LogP contribution in [-0.4, -0.2) is 28.9 Å². The van der Waals surface area contributed by atoms with E-state index >= 15 is 0 Å². The lowest BCUT2D eigenvalue weighted by Gasteiger charge is -2.11. The number of hydrogen-bond acceptors (Lipinski definition) is 3. The number of nitrogens with one attached hydrogen (secondary N) is 1. The summed E-state index contributed by atoms with van der Waals surface area (Å²) in [5.41, 5.74) is 6.14. The fourth-order valence-electron chi connectivity index (χ4n) is 1.57. The highest BCUT2D eigenvalue weighted by molar-refractivity contribution is 5.95. The minimum Gasteiger partial charge on any atom is -0.478 e. The van der Waals surface area contributed by atoms with Gasteiger partial charge in [0.1, 0.15) is 0 Å². The van der Waals surface area contributed by atoms with E-state index in [0.29, 0.717) is 11.1 Å². The van der Waals surface area contributed by atoms with E-state index in [1.54, 1.807) is 31.2 Å². The van der Waals surface area contributed by atoms with Gasteiger partial charge in [0.25, 0.3) is 5.91 Å². The van der Waals surface area contributed by atoms with Gasteiger partial charge in [0.05, 0.1) is 0 Å². The molecule has 0 aliphatic carbocycles. The highest BCUT2D eigenvalue weighted by Crippen LogP contribution is 2.07. The summed E-state index contributed by atoms with van der Waals surface area (Å²) in [7, 11) is 0. The van der Waals surface area contributed by atoms with Crippen LogP contribution >= 0.6 is 0 Å². The maximum absolute atomic E-state index is 11.8. The van der Waals surface area contributed by atoms with Crippen molar-refractivity contribution in [1.29, 1.82) is 0 Å². The minimum absolute atomic E-state index is 0.0746. The normalized spacial score (nSPS) is 12.1. The molecule has 20 heavy (non-hydrogen) atoms. The van der Waals surface area contributed by atoms with Crippen LogP contribution in [0, 0.1) is 0 Å². The molecule has 0 aliphatic rings. The molecule has 0 heterocycles. The van der Waals surface area contributed by atoms with Gasteiger partial charge in [-0.15, -0.1) is 0 Å². The van der Waals surface area contributed by atoms with Crippen molar-refractivity contribution in [3.63, 3.8) is 0 Å². The Balaban J connectivity index is 2.66. The zero-order valence-corrected chi connectivity index (χ0v) is 11.0. The topological polar surface area (TPSA) is 109 Å². The van der Waals surface area contributed by atoms with Crippen LogP contribution in [0.2, 0.25) is 0 Å². The molecule has 2 amide bonds. The summed E-state index contributed by atoms with van der Waals surface area (Å²) in [6.45, 7) is 1.69. The van der Waals surface area contributed by atoms with Crippen molar-refractivity contribution in [2.75, 3.05) is 0 Å². The molecule has 4 N–H and O–H groups in total. The van der Waals surface area contributed by atoms with Crippen molar-refractivity contribution < 1.29 is 19.5 Å². The molecular weight excluding hydrogens is 260 g/mol. The van der Waals surface area contributed by atoms with Crippen LogP contribution in [0.4, 0.5) is 0 Å². The number of nitrogens with two attached hydrogens (primary N) is 1. The van der Waals surface area contributed by atoms with E-state index in [1.807, 2.05) is 0 Å². The van der Waals surface area contributed by atoms with Gasteiger partial charge < -0.3 is 16.2 Å². The van der Waals surface area contributed by atoms with Crippen LogP contribution in [0.15, 0.2) is 30.3 Å². The van der Waals surface area contributed by atoms with Crippen LogP contribution in [0.3, 0.4) is 0 Å². The Morgan fingerprint density at radius 1 is 1.30 bits per heavy atom. The lowest BCUT2D eigenvalue weighted by atomic mass is 10.1. The number of carboxylic acid groups (broad SMARTS) is 1. The standard InChI is InChI=1S/C14H16N2O4/c1-9(8-12(15)17)16-14(20)11-5-2-10(3-6-11)4-7-13(18)19/h2-7,9H,8H2,1H3,(H2,15,17)(H,16,20)(H,18,19)/b7-4+. The van der Waals surface area contributed by atoms with Crippen molar-refractivity contribution in [3.8, 4) is 0 Å². The second-order valence-corrected chi connectivity index (χ2v) is 4.34. The summed E-state index contributed by atoms with van der Waals surface area (Å²) in [4.78, 5) is 32.9. The van der Waals surface area contributed by atoms with Gasteiger partial charge in [-0.1, -0.05) is 12.1 Å². The fourth-order valence-corrected chi connectivity index (χ4v) is 1.57. The van der Waals surface area contributed by atoms with Crippen LogP contribution in [0.5, 0.6) is 0 Å². The molecule has 0 aromatic heterocycles. The second-order valence-electron chi connectivity index (χ2n) is 4.34. The van der Waals surface area contributed by atoms with Crippen molar-refractivity contribution in [1.82, 2.24) is 5.32 Å². The van der Waals surface area contributed by atoms with E-state index in [0.717, 1.165) is 6.08 Å². The molecule has 1 aromatic carbocycles. The van der Waals surface area contributed by atoms with Gasteiger partial charge in [-0.2, -0.15) is 0 Å². The number of carboxylic acids is 1. The Labute approximate surface area is 116 Å². The number of primary amides is 1. The van der Waals surface area contributed by atoms with E-state index in [9.17, 15) is 14.4 Å². The number of hydrogen-bond donors (Lipinski definition) is 3. The summed E-state index contributed by atoms with van der Waals surface area (Å²) >= 11 is 0. The molecule has 106 valence electrons. The number of aliphatic carboxylic acids is 1. The molecule has 6 heteroatoms. The van der Waals surface area contributed by atoms with E-state index in [1.165, 1.54) is 6.08 Å². The Kier molecular flexibility index (Phi) is 5.46. The second kappa shape index (κ2) is 7.08. The first-order valence-corrected chi connectivity index (χ1v) is 5.98. The van der Waals surface area contributed by atoms with Gasteiger partial charge in [-0.05, 0) is 30.7 Å².